The fourth-order valence-corrected chi connectivity index (χ4v) is 3.12. The number of nitrogens with one attached hydrogen (secondary N) is 2. The Bertz CT molecular complexity index is 1250. The Kier molecular flexibility index (Phi) is 5.57. The van der Waals surface area contributed by atoms with E-state index in [4.69, 9.17) is 4.74 Å². The number of methoxy groups -OCH3 is 1. The van der Waals surface area contributed by atoms with Gasteiger partial charge in [-0.1, -0.05) is 48.0 Å². The van der Waals surface area contributed by atoms with Crippen LogP contribution >= 0.6 is 0 Å². The highest BCUT2D eigenvalue weighted by Crippen LogP contribution is 2.25. The molecule has 0 aliphatic rings. The molecule has 7 heteroatoms. The predicted octanol–water partition coefficient (Wildman–Crippen LogP) is 3.69. The number of benzene rings is 2. The van der Waals surface area contributed by atoms with Gasteiger partial charge in [-0.25, -0.2) is 9.97 Å². The van der Waals surface area contributed by atoms with Crippen molar-refractivity contribution in [1.82, 2.24) is 20.8 Å². The minimum absolute atomic E-state index is 0.293. The molecular formula is C24H20N4O3. The van der Waals surface area contributed by atoms with Crippen molar-refractivity contribution in [2.75, 3.05) is 7.11 Å². The number of fused-ring (bicyclic) bond motifs is 1. The number of hydrogen-bond donors (Lipinski definition) is 2. The molecule has 4 aromatic rings. The lowest BCUT2D eigenvalue weighted by atomic mass is 10.0. The number of carbonyl (C=O) groups excluding carboxylic acids is 2. The molecule has 0 aliphatic heterocycles. The van der Waals surface area contributed by atoms with Gasteiger partial charge in [0.25, 0.3) is 11.8 Å². The van der Waals surface area contributed by atoms with Gasteiger partial charge in [0.2, 0.25) is 5.88 Å². The number of carbonyl (C=O) groups is 2. The van der Waals surface area contributed by atoms with Crippen LogP contribution in [0.3, 0.4) is 0 Å². The summed E-state index contributed by atoms with van der Waals surface area (Å²) < 4.78 is 4.98. The highest BCUT2D eigenvalue weighted by Gasteiger charge is 2.15. The Morgan fingerprint density at radius 3 is 2.35 bits per heavy atom. The quantitative estimate of drug-likeness (QED) is 0.499. The lowest BCUT2D eigenvalue weighted by Crippen LogP contribution is -2.41. The molecule has 154 valence electrons. The third-order valence-corrected chi connectivity index (χ3v) is 4.81. The van der Waals surface area contributed by atoms with Crippen LogP contribution in [0, 0.1) is 6.92 Å². The van der Waals surface area contributed by atoms with E-state index in [0.717, 1.165) is 11.1 Å². The Labute approximate surface area is 179 Å². The van der Waals surface area contributed by atoms with Crippen LogP contribution in [0.25, 0.3) is 22.2 Å². The highest BCUT2D eigenvalue weighted by atomic mass is 16.5. The normalized spacial score (nSPS) is 10.5. The molecule has 2 N–H and O–H groups in total. The van der Waals surface area contributed by atoms with Crippen LogP contribution in [0.1, 0.15) is 26.3 Å². The van der Waals surface area contributed by atoms with E-state index in [1.54, 1.807) is 18.2 Å². The van der Waals surface area contributed by atoms with Gasteiger partial charge < -0.3 is 4.74 Å². The van der Waals surface area contributed by atoms with Crippen molar-refractivity contribution in [2.45, 2.75) is 6.92 Å². The maximum absolute atomic E-state index is 12.9. The minimum Gasteiger partial charge on any atom is -0.481 e. The average molecular weight is 412 g/mol. The topological polar surface area (TPSA) is 93.2 Å². The van der Waals surface area contributed by atoms with E-state index in [2.05, 4.69) is 20.8 Å². The van der Waals surface area contributed by atoms with Crippen molar-refractivity contribution in [3.63, 3.8) is 0 Å². The first-order chi connectivity index (χ1) is 15.0. The summed E-state index contributed by atoms with van der Waals surface area (Å²) >= 11 is 0. The lowest BCUT2D eigenvalue weighted by molar-refractivity contribution is 0.0847. The Morgan fingerprint density at radius 2 is 1.65 bits per heavy atom. The van der Waals surface area contributed by atoms with Crippen molar-refractivity contribution < 1.29 is 14.3 Å². The van der Waals surface area contributed by atoms with Gasteiger partial charge >= 0.3 is 0 Å². The van der Waals surface area contributed by atoms with Gasteiger partial charge in [-0.15, -0.1) is 0 Å². The second-order valence-electron chi connectivity index (χ2n) is 6.94. The number of amides is 2. The van der Waals surface area contributed by atoms with Crippen molar-refractivity contribution >= 4 is 22.7 Å². The number of nitrogens with zero attached hydrogens (tertiary/aromatic N) is 2. The largest absolute Gasteiger partial charge is 0.481 e. The monoisotopic (exact) mass is 412 g/mol. The molecule has 0 fully saturated rings. The molecule has 0 atom stereocenters. The molecule has 0 aliphatic carbocycles. The van der Waals surface area contributed by atoms with Crippen LogP contribution in [0.5, 0.6) is 5.88 Å². The number of pyridine rings is 2. The van der Waals surface area contributed by atoms with Crippen molar-refractivity contribution in [2.24, 2.45) is 0 Å². The van der Waals surface area contributed by atoms with Crippen LogP contribution in [-0.4, -0.2) is 28.9 Å². The van der Waals surface area contributed by atoms with E-state index >= 15 is 0 Å². The van der Waals surface area contributed by atoms with Gasteiger partial charge in [0.05, 0.1) is 29.4 Å². The number of hydrogen-bond acceptors (Lipinski definition) is 5. The fourth-order valence-electron chi connectivity index (χ4n) is 3.12. The van der Waals surface area contributed by atoms with Crippen LogP contribution in [0.2, 0.25) is 0 Å². The smallest absolute Gasteiger partial charge is 0.271 e. The molecule has 2 aromatic carbocycles. The highest BCUT2D eigenvalue weighted by molar-refractivity contribution is 6.08. The van der Waals surface area contributed by atoms with E-state index in [0.29, 0.717) is 33.6 Å². The summed E-state index contributed by atoms with van der Waals surface area (Å²) in [7, 11) is 1.49. The Hall–Kier alpha value is -4.26. The first-order valence-electron chi connectivity index (χ1n) is 9.63. The summed E-state index contributed by atoms with van der Waals surface area (Å²) in [5.41, 5.74) is 9.02. The number of ether oxygens (including phenoxy) is 1. The van der Waals surface area contributed by atoms with Crippen molar-refractivity contribution in [1.29, 1.82) is 0 Å². The third kappa shape index (κ3) is 4.35. The summed E-state index contributed by atoms with van der Waals surface area (Å²) in [5, 5.41) is 0.691. The number of rotatable bonds is 4. The zero-order valence-corrected chi connectivity index (χ0v) is 17.0. The van der Waals surface area contributed by atoms with Gasteiger partial charge in [-0.05, 0) is 25.1 Å². The second kappa shape index (κ2) is 8.62. The summed E-state index contributed by atoms with van der Waals surface area (Å²) in [4.78, 5) is 34.0. The molecule has 0 saturated carbocycles. The van der Waals surface area contributed by atoms with Gasteiger partial charge in [0.15, 0.2) is 0 Å². The van der Waals surface area contributed by atoms with Crippen LogP contribution in [0.4, 0.5) is 0 Å². The molecule has 31 heavy (non-hydrogen) atoms. The lowest BCUT2D eigenvalue weighted by Gasteiger charge is -2.11. The zero-order valence-electron chi connectivity index (χ0n) is 17.0. The number of para-hydroxylation sites is 1. The predicted molar refractivity (Wildman–Crippen MR) is 118 cm³/mol. The van der Waals surface area contributed by atoms with E-state index in [-0.39, 0.29) is 0 Å². The van der Waals surface area contributed by atoms with E-state index in [1.807, 2.05) is 55.5 Å². The molecule has 0 radical (unpaired) electrons. The summed E-state index contributed by atoms with van der Waals surface area (Å²) in [6, 6.07) is 20.2. The molecule has 4 rings (SSSR count). The average Bonchev–Trinajstić information content (AvgIpc) is 2.82. The molecule has 0 saturated heterocycles. The van der Waals surface area contributed by atoms with Crippen LogP contribution in [0.15, 0.2) is 72.9 Å². The Morgan fingerprint density at radius 1 is 0.903 bits per heavy atom. The fraction of sp³-hybridized carbons (Fsp3) is 0.0833. The standard InChI is InChI=1S/C24H20N4O3/c1-15-7-9-16(10-8-15)21-13-19(18-5-3-4-6-20(18)26-21)24(30)28-27-23(29)17-11-12-22(31-2)25-14-17/h3-14H,1-2H3,(H,27,29)(H,28,30). The number of hydrazine groups is 1. The maximum Gasteiger partial charge on any atom is 0.271 e. The molecule has 0 unspecified atom stereocenters. The molecule has 2 amide bonds. The molecule has 7 nitrogen and oxygen atoms in total. The van der Waals surface area contributed by atoms with Gasteiger partial charge in [-0.3, -0.25) is 20.4 Å². The van der Waals surface area contributed by atoms with Crippen molar-refractivity contribution in [3.05, 3.63) is 89.6 Å². The van der Waals surface area contributed by atoms with Crippen LogP contribution < -0.4 is 15.6 Å². The zero-order chi connectivity index (χ0) is 21.8. The summed E-state index contributed by atoms with van der Waals surface area (Å²) in [6.45, 7) is 2.01. The number of aromatic nitrogens is 2. The van der Waals surface area contributed by atoms with Gasteiger partial charge in [0, 0.05) is 23.2 Å². The SMILES string of the molecule is COc1ccc(C(=O)NNC(=O)c2cc(-c3ccc(C)cc3)nc3ccccc23)cn1. The maximum atomic E-state index is 12.9. The molecule has 2 aromatic heterocycles. The molecular weight excluding hydrogens is 392 g/mol. The number of aryl methyl sites for hydroxylation is 1. The van der Waals surface area contributed by atoms with Crippen LogP contribution in [-0.2, 0) is 0 Å². The first kappa shape index (κ1) is 20.0. The second-order valence-corrected chi connectivity index (χ2v) is 6.94. The van der Waals surface area contributed by atoms with Gasteiger partial charge in [0.1, 0.15) is 0 Å². The molecule has 0 bridgehead atoms. The van der Waals surface area contributed by atoms with Crippen molar-refractivity contribution in [3.8, 4) is 17.1 Å². The summed E-state index contributed by atoms with van der Waals surface area (Å²) in [6.07, 6.45) is 1.37. The Balaban J connectivity index is 1.60. The summed E-state index contributed by atoms with van der Waals surface area (Å²) in [5.74, 6) is -0.533. The first-order valence-corrected chi connectivity index (χ1v) is 9.63. The van der Waals surface area contributed by atoms with E-state index in [9.17, 15) is 9.59 Å². The third-order valence-electron chi connectivity index (χ3n) is 4.81. The molecule has 2 heterocycles. The van der Waals surface area contributed by atoms with E-state index in [1.165, 1.54) is 13.3 Å². The molecule has 0 spiro atoms. The minimum atomic E-state index is -0.486. The van der Waals surface area contributed by atoms with Gasteiger partial charge in [-0.2, -0.15) is 0 Å². The van der Waals surface area contributed by atoms with E-state index < -0.39 is 11.8 Å².